The molecule has 0 radical (unpaired) electrons. The van der Waals surface area contributed by atoms with Crippen molar-refractivity contribution in [1.82, 2.24) is 5.32 Å². The summed E-state index contributed by atoms with van der Waals surface area (Å²) in [5.74, 6) is -1.36. The van der Waals surface area contributed by atoms with Gasteiger partial charge in [0.25, 0.3) is 5.91 Å². The number of aryl methyl sites for hydroxylation is 1. The molecule has 19 heavy (non-hydrogen) atoms. The number of carboxylic acids is 1. The molecule has 0 aliphatic heterocycles. The summed E-state index contributed by atoms with van der Waals surface area (Å²) in [5.41, 5.74) is 1.45. The molecule has 0 fully saturated rings. The molecule has 1 amide bonds. The summed E-state index contributed by atoms with van der Waals surface area (Å²) in [6, 6.07) is 6.33. The highest BCUT2D eigenvalue weighted by molar-refractivity contribution is 5.97. The van der Waals surface area contributed by atoms with Crippen molar-refractivity contribution in [2.24, 2.45) is 0 Å². The van der Waals surface area contributed by atoms with E-state index in [2.05, 4.69) is 11.9 Å². The maximum absolute atomic E-state index is 12.1. The third kappa shape index (κ3) is 4.25. The van der Waals surface area contributed by atoms with Gasteiger partial charge in [0.05, 0.1) is 0 Å². The second-order valence-electron chi connectivity index (χ2n) is 4.24. The van der Waals surface area contributed by atoms with Crippen LogP contribution in [0.4, 0.5) is 0 Å². The largest absolute Gasteiger partial charge is 0.480 e. The van der Waals surface area contributed by atoms with Gasteiger partial charge in [0, 0.05) is 5.56 Å². The number of carbonyl (C=O) groups excluding carboxylic acids is 1. The van der Waals surface area contributed by atoms with E-state index in [9.17, 15) is 9.59 Å². The molecule has 0 bridgehead atoms. The van der Waals surface area contributed by atoms with Crippen LogP contribution >= 0.6 is 0 Å². The Morgan fingerprint density at radius 3 is 2.68 bits per heavy atom. The molecule has 4 heteroatoms. The van der Waals surface area contributed by atoms with Gasteiger partial charge in [-0.1, -0.05) is 31.2 Å². The molecule has 1 rings (SSSR count). The van der Waals surface area contributed by atoms with Crippen molar-refractivity contribution in [2.75, 3.05) is 0 Å². The van der Waals surface area contributed by atoms with Gasteiger partial charge in [-0.05, 0) is 30.9 Å². The number of rotatable bonds is 7. The predicted molar refractivity (Wildman–Crippen MR) is 74.1 cm³/mol. The first kappa shape index (κ1) is 15.0. The molecule has 1 unspecified atom stereocenters. The summed E-state index contributed by atoms with van der Waals surface area (Å²) < 4.78 is 0. The molecule has 0 aromatic heterocycles. The van der Waals surface area contributed by atoms with E-state index in [0.717, 1.165) is 12.0 Å². The number of carboxylic acid groups (broad SMARTS) is 1. The number of benzene rings is 1. The van der Waals surface area contributed by atoms with Crippen molar-refractivity contribution >= 4 is 11.9 Å². The van der Waals surface area contributed by atoms with E-state index >= 15 is 0 Å². The highest BCUT2D eigenvalue weighted by Gasteiger charge is 2.20. The molecular weight excluding hydrogens is 242 g/mol. The molecule has 2 N–H and O–H groups in total. The maximum atomic E-state index is 12.1. The third-order valence-corrected chi connectivity index (χ3v) is 2.91. The molecule has 1 aromatic rings. The second kappa shape index (κ2) is 7.36. The average Bonchev–Trinajstić information content (AvgIpc) is 2.42. The van der Waals surface area contributed by atoms with Gasteiger partial charge in [-0.3, -0.25) is 4.79 Å². The third-order valence-electron chi connectivity index (χ3n) is 2.91. The number of hydrogen-bond donors (Lipinski definition) is 2. The first-order valence-electron chi connectivity index (χ1n) is 6.32. The molecule has 0 spiro atoms. The second-order valence-corrected chi connectivity index (χ2v) is 4.24. The van der Waals surface area contributed by atoms with Crippen LogP contribution in [-0.2, 0) is 11.2 Å². The Balaban J connectivity index is 2.81. The number of nitrogens with one attached hydrogen (secondary N) is 1. The first-order valence-corrected chi connectivity index (χ1v) is 6.32. The van der Waals surface area contributed by atoms with Crippen LogP contribution in [0.1, 0.15) is 35.7 Å². The molecule has 0 saturated heterocycles. The van der Waals surface area contributed by atoms with E-state index in [4.69, 9.17) is 5.11 Å². The molecule has 102 valence electrons. The van der Waals surface area contributed by atoms with E-state index in [-0.39, 0.29) is 5.91 Å². The average molecular weight is 261 g/mol. The Morgan fingerprint density at radius 2 is 2.11 bits per heavy atom. The zero-order chi connectivity index (χ0) is 14.3. The predicted octanol–water partition coefficient (Wildman–Crippen LogP) is 2.40. The lowest BCUT2D eigenvalue weighted by atomic mass is 10.0. The monoisotopic (exact) mass is 261 g/mol. The van der Waals surface area contributed by atoms with Crippen LogP contribution in [-0.4, -0.2) is 23.0 Å². The van der Waals surface area contributed by atoms with E-state index in [1.807, 2.05) is 19.1 Å². The van der Waals surface area contributed by atoms with Crippen molar-refractivity contribution in [1.29, 1.82) is 0 Å². The zero-order valence-corrected chi connectivity index (χ0v) is 11.1. The first-order chi connectivity index (χ1) is 9.10. The van der Waals surface area contributed by atoms with Gasteiger partial charge in [0.15, 0.2) is 0 Å². The number of aliphatic carboxylic acids is 1. The van der Waals surface area contributed by atoms with Gasteiger partial charge in [0.2, 0.25) is 0 Å². The lowest BCUT2D eigenvalue weighted by Gasteiger charge is -2.15. The van der Waals surface area contributed by atoms with Gasteiger partial charge in [0.1, 0.15) is 6.04 Å². The normalized spacial score (nSPS) is 11.6. The Hall–Kier alpha value is -2.10. The summed E-state index contributed by atoms with van der Waals surface area (Å²) in [7, 11) is 0. The van der Waals surface area contributed by atoms with E-state index < -0.39 is 12.0 Å². The van der Waals surface area contributed by atoms with Crippen LogP contribution < -0.4 is 5.32 Å². The van der Waals surface area contributed by atoms with Crippen LogP contribution in [0.5, 0.6) is 0 Å². The smallest absolute Gasteiger partial charge is 0.326 e. The summed E-state index contributed by atoms with van der Waals surface area (Å²) in [5, 5.41) is 11.6. The van der Waals surface area contributed by atoms with E-state index in [1.54, 1.807) is 18.2 Å². The van der Waals surface area contributed by atoms with E-state index in [0.29, 0.717) is 18.4 Å². The van der Waals surface area contributed by atoms with Gasteiger partial charge >= 0.3 is 5.97 Å². The fourth-order valence-corrected chi connectivity index (χ4v) is 1.83. The van der Waals surface area contributed by atoms with E-state index in [1.165, 1.54) is 0 Å². The number of allylic oxidation sites excluding steroid dienone is 1. The zero-order valence-electron chi connectivity index (χ0n) is 11.1. The standard InChI is InChI=1S/C15H19NO3/c1-3-5-10-13(15(18)19)16-14(17)12-9-7-6-8-11(12)4-2/h3,6-9,13H,1,4-5,10H2,2H3,(H,16,17)(H,18,19). The molecule has 0 saturated carbocycles. The highest BCUT2D eigenvalue weighted by Crippen LogP contribution is 2.10. The van der Waals surface area contributed by atoms with Crippen molar-refractivity contribution in [2.45, 2.75) is 32.2 Å². The molecule has 4 nitrogen and oxygen atoms in total. The molecule has 1 aromatic carbocycles. The lowest BCUT2D eigenvalue weighted by Crippen LogP contribution is -2.41. The molecule has 0 aliphatic carbocycles. The van der Waals surface area contributed by atoms with Crippen LogP contribution in [0.3, 0.4) is 0 Å². The van der Waals surface area contributed by atoms with Crippen LogP contribution in [0.25, 0.3) is 0 Å². The topological polar surface area (TPSA) is 66.4 Å². The Morgan fingerprint density at radius 1 is 1.42 bits per heavy atom. The van der Waals surface area contributed by atoms with Gasteiger partial charge in [-0.2, -0.15) is 0 Å². The lowest BCUT2D eigenvalue weighted by molar-refractivity contribution is -0.139. The molecule has 1 atom stereocenters. The molecule has 0 aliphatic rings. The molecule has 0 heterocycles. The summed E-state index contributed by atoms with van der Waals surface area (Å²) in [6.45, 7) is 5.51. The Kier molecular flexibility index (Phi) is 5.79. The number of carbonyl (C=O) groups is 2. The Labute approximate surface area is 113 Å². The van der Waals surface area contributed by atoms with Crippen molar-refractivity contribution in [3.63, 3.8) is 0 Å². The van der Waals surface area contributed by atoms with Gasteiger partial charge in [-0.15, -0.1) is 6.58 Å². The van der Waals surface area contributed by atoms with Crippen molar-refractivity contribution < 1.29 is 14.7 Å². The summed E-state index contributed by atoms with van der Waals surface area (Å²) in [6.07, 6.45) is 3.27. The van der Waals surface area contributed by atoms with Crippen molar-refractivity contribution in [3.8, 4) is 0 Å². The van der Waals surface area contributed by atoms with Gasteiger partial charge in [-0.25, -0.2) is 4.79 Å². The fraction of sp³-hybridized carbons (Fsp3) is 0.333. The summed E-state index contributed by atoms with van der Waals surface area (Å²) >= 11 is 0. The minimum atomic E-state index is -1.02. The minimum Gasteiger partial charge on any atom is -0.480 e. The van der Waals surface area contributed by atoms with Crippen molar-refractivity contribution in [3.05, 3.63) is 48.0 Å². The number of amides is 1. The SMILES string of the molecule is C=CCCC(NC(=O)c1ccccc1CC)C(=O)O. The van der Waals surface area contributed by atoms with Crippen LogP contribution in [0, 0.1) is 0 Å². The van der Waals surface area contributed by atoms with Crippen LogP contribution in [0.15, 0.2) is 36.9 Å². The Bertz CT molecular complexity index is 468. The van der Waals surface area contributed by atoms with Crippen LogP contribution in [0.2, 0.25) is 0 Å². The fourth-order valence-electron chi connectivity index (χ4n) is 1.83. The molecular formula is C15H19NO3. The summed E-state index contributed by atoms with van der Waals surface area (Å²) in [4.78, 5) is 23.2. The number of hydrogen-bond acceptors (Lipinski definition) is 2. The quantitative estimate of drug-likeness (QED) is 0.741. The maximum Gasteiger partial charge on any atom is 0.326 e. The van der Waals surface area contributed by atoms with Gasteiger partial charge < -0.3 is 10.4 Å². The highest BCUT2D eigenvalue weighted by atomic mass is 16.4. The minimum absolute atomic E-state index is 0.339.